The first-order valence-electron chi connectivity index (χ1n) is 4.16. The SMILES string of the molecule is CNCCCCC1CSC1. The van der Waals surface area contributed by atoms with Crippen LogP contribution < -0.4 is 5.32 Å². The number of hydrogen-bond acceptors (Lipinski definition) is 2. The molecule has 0 amide bonds. The molecule has 1 aliphatic rings. The average molecular weight is 159 g/mol. The van der Waals surface area contributed by atoms with Gasteiger partial charge in [-0.25, -0.2) is 0 Å². The van der Waals surface area contributed by atoms with Gasteiger partial charge in [0.05, 0.1) is 0 Å². The van der Waals surface area contributed by atoms with Gasteiger partial charge in [0, 0.05) is 0 Å². The molecule has 0 aromatic carbocycles. The van der Waals surface area contributed by atoms with E-state index in [1.54, 1.807) is 0 Å². The predicted molar refractivity (Wildman–Crippen MR) is 48.6 cm³/mol. The minimum atomic E-state index is 1.07. The van der Waals surface area contributed by atoms with Crippen molar-refractivity contribution >= 4 is 11.8 Å². The van der Waals surface area contributed by atoms with Gasteiger partial charge in [-0.05, 0) is 43.9 Å². The van der Waals surface area contributed by atoms with Gasteiger partial charge < -0.3 is 5.32 Å². The molecule has 1 fully saturated rings. The van der Waals surface area contributed by atoms with Gasteiger partial charge in [0.1, 0.15) is 0 Å². The Labute approximate surface area is 68.0 Å². The molecule has 1 heterocycles. The van der Waals surface area contributed by atoms with E-state index in [1.807, 2.05) is 7.05 Å². The Bertz CT molecular complexity index is 81.3. The number of thioether (sulfide) groups is 1. The summed E-state index contributed by atoms with van der Waals surface area (Å²) in [5, 5.41) is 3.17. The monoisotopic (exact) mass is 159 g/mol. The summed E-state index contributed by atoms with van der Waals surface area (Å²) >= 11 is 2.09. The summed E-state index contributed by atoms with van der Waals surface area (Å²) in [6.45, 7) is 1.19. The van der Waals surface area contributed by atoms with Gasteiger partial charge in [-0.3, -0.25) is 0 Å². The molecule has 10 heavy (non-hydrogen) atoms. The van der Waals surface area contributed by atoms with E-state index in [9.17, 15) is 0 Å². The summed E-state index contributed by atoms with van der Waals surface area (Å²) in [6, 6.07) is 0. The van der Waals surface area contributed by atoms with Crippen LogP contribution in [0.2, 0.25) is 0 Å². The summed E-state index contributed by atoms with van der Waals surface area (Å²) in [7, 11) is 2.03. The number of nitrogens with one attached hydrogen (secondary N) is 1. The third-order valence-electron chi connectivity index (χ3n) is 2.00. The van der Waals surface area contributed by atoms with E-state index in [2.05, 4.69) is 17.1 Å². The van der Waals surface area contributed by atoms with E-state index in [-0.39, 0.29) is 0 Å². The van der Waals surface area contributed by atoms with Crippen molar-refractivity contribution in [2.24, 2.45) is 5.92 Å². The van der Waals surface area contributed by atoms with Crippen LogP contribution in [-0.4, -0.2) is 25.1 Å². The lowest BCUT2D eigenvalue weighted by Gasteiger charge is -2.24. The largest absolute Gasteiger partial charge is 0.320 e. The van der Waals surface area contributed by atoms with Crippen LogP contribution in [0.1, 0.15) is 19.3 Å². The van der Waals surface area contributed by atoms with Crippen molar-refractivity contribution in [1.29, 1.82) is 0 Å². The summed E-state index contributed by atoms with van der Waals surface area (Å²) < 4.78 is 0. The molecule has 0 aliphatic carbocycles. The van der Waals surface area contributed by atoms with E-state index < -0.39 is 0 Å². The first kappa shape index (κ1) is 8.41. The van der Waals surface area contributed by atoms with Crippen molar-refractivity contribution in [3.63, 3.8) is 0 Å². The van der Waals surface area contributed by atoms with Crippen LogP contribution in [0.5, 0.6) is 0 Å². The molecule has 0 saturated carbocycles. The molecule has 0 radical (unpaired) electrons. The van der Waals surface area contributed by atoms with Crippen molar-refractivity contribution in [1.82, 2.24) is 5.32 Å². The molecule has 60 valence electrons. The minimum Gasteiger partial charge on any atom is -0.320 e. The molecule has 0 bridgehead atoms. The highest BCUT2D eigenvalue weighted by Gasteiger charge is 2.16. The van der Waals surface area contributed by atoms with Gasteiger partial charge in [0.15, 0.2) is 0 Å². The molecule has 0 spiro atoms. The zero-order valence-electron chi connectivity index (χ0n) is 6.73. The minimum absolute atomic E-state index is 1.07. The van der Waals surface area contributed by atoms with Gasteiger partial charge in [0.25, 0.3) is 0 Å². The third-order valence-corrected chi connectivity index (χ3v) is 3.41. The average Bonchev–Trinajstić information content (AvgIpc) is 1.84. The van der Waals surface area contributed by atoms with Crippen LogP contribution in [0.25, 0.3) is 0 Å². The highest BCUT2D eigenvalue weighted by atomic mass is 32.2. The van der Waals surface area contributed by atoms with E-state index in [4.69, 9.17) is 0 Å². The van der Waals surface area contributed by atoms with Crippen LogP contribution in [0.4, 0.5) is 0 Å². The first-order valence-corrected chi connectivity index (χ1v) is 5.31. The van der Waals surface area contributed by atoms with Gasteiger partial charge in [0.2, 0.25) is 0 Å². The molecule has 0 unspecified atom stereocenters. The Balaban J connectivity index is 1.76. The predicted octanol–water partition coefficient (Wildman–Crippen LogP) is 1.74. The Kier molecular flexibility index (Phi) is 4.23. The van der Waals surface area contributed by atoms with Gasteiger partial charge in [-0.1, -0.05) is 6.42 Å². The van der Waals surface area contributed by atoms with E-state index in [1.165, 1.54) is 37.3 Å². The maximum Gasteiger partial charge on any atom is -0.00311 e. The molecule has 1 rings (SSSR count). The molecule has 0 aromatic heterocycles. The Hall–Kier alpha value is 0.310. The lowest BCUT2D eigenvalue weighted by Crippen LogP contribution is -2.18. The standard InChI is InChI=1S/C8H17NS/c1-9-5-3-2-4-8-6-10-7-8/h8-9H,2-7H2,1H3. The van der Waals surface area contributed by atoms with E-state index in [0.29, 0.717) is 0 Å². The fourth-order valence-corrected chi connectivity index (χ4v) is 2.09. The van der Waals surface area contributed by atoms with Gasteiger partial charge in [-0.15, -0.1) is 0 Å². The molecular formula is C8H17NS. The van der Waals surface area contributed by atoms with Crippen LogP contribution >= 0.6 is 11.8 Å². The maximum atomic E-state index is 3.17. The Morgan fingerprint density at radius 2 is 2.20 bits per heavy atom. The highest BCUT2D eigenvalue weighted by Crippen LogP contribution is 2.28. The zero-order chi connectivity index (χ0) is 7.23. The second-order valence-corrected chi connectivity index (χ2v) is 4.08. The number of rotatable bonds is 5. The molecule has 0 atom stereocenters. The lowest BCUT2D eigenvalue weighted by molar-refractivity contribution is 0.525. The summed E-state index contributed by atoms with van der Waals surface area (Å²) in [5.41, 5.74) is 0. The molecule has 1 N–H and O–H groups in total. The second-order valence-electron chi connectivity index (χ2n) is 3.00. The topological polar surface area (TPSA) is 12.0 Å². The number of hydrogen-bond donors (Lipinski definition) is 1. The van der Waals surface area contributed by atoms with Gasteiger partial charge in [-0.2, -0.15) is 11.8 Å². The zero-order valence-corrected chi connectivity index (χ0v) is 7.54. The molecule has 1 aliphatic heterocycles. The van der Waals surface area contributed by atoms with Crippen LogP contribution in [-0.2, 0) is 0 Å². The van der Waals surface area contributed by atoms with Crippen molar-refractivity contribution in [2.45, 2.75) is 19.3 Å². The lowest BCUT2D eigenvalue weighted by atomic mass is 10.1. The van der Waals surface area contributed by atoms with Gasteiger partial charge >= 0.3 is 0 Å². The summed E-state index contributed by atoms with van der Waals surface area (Å²) in [6.07, 6.45) is 4.25. The Morgan fingerprint density at radius 1 is 1.40 bits per heavy atom. The quantitative estimate of drug-likeness (QED) is 0.613. The maximum absolute atomic E-state index is 3.17. The summed E-state index contributed by atoms with van der Waals surface area (Å²) in [5.74, 6) is 3.93. The second kappa shape index (κ2) is 5.03. The van der Waals surface area contributed by atoms with Crippen molar-refractivity contribution < 1.29 is 0 Å². The highest BCUT2D eigenvalue weighted by molar-refractivity contribution is 8.00. The molecular weight excluding hydrogens is 142 g/mol. The molecule has 0 aromatic rings. The molecule has 1 nitrogen and oxygen atoms in total. The molecule has 1 saturated heterocycles. The van der Waals surface area contributed by atoms with Crippen LogP contribution in [0.3, 0.4) is 0 Å². The van der Waals surface area contributed by atoms with Crippen molar-refractivity contribution in [3.05, 3.63) is 0 Å². The number of unbranched alkanes of at least 4 members (excludes halogenated alkanes) is 1. The van der Waals surface area contributed by atoms with Crippen molar-refractivity contribution in [2.75, 3.05) is 25.1 Å². The smallest absolute Gasteiger partial charge is 0.00311 e. The fourth-order valence-electron chi connectivity index (χ4n) is 1.19. The normalized spacial score (nSPS) is 18.9. The first-order chi connectivity index (χ1) is 4.93. The van der Waals surface area contributed by atoms with Crippen LogP contribution in [0.15, 0.2) is 0 Å². The van der Waals surface area contributed by atoms with E-state index in [0.717, 1.165) is 5.92 Å². The third kappa shape index (κ3) is 2.93. The van der Waals surface area contributed by atoms with Crippen molar-refractivity contribution in [3.8, 4) is 0 Å². The summed E-state index contributed by atoms with van der Waals surface area (Å²) in [4.78, 5) is 0. The Morgan fingerprint density at radius 3 is 2.70 bits per heavy atom. The van der Waals surface area contributed by atoms with Crippen LogP contribution in [0, 0.1) is 5.92 Å². The fraction of sp³-hybridized carbons (Fsp3) is 1.00. The molecule has 2 heteroatoms. The van der Waals surface area contributed by atoms with E-state index >= 15 is 0 Å².